The molecule has 0 bridgehead atoms. The number of rotatable bonds is 8. The Bertz CT molecular complexity index is 1030. The van der Waals surface area contributed by atoms with E-state index in [0.717, 1.165) is 36.1 Å². The fourth-order valence-corrected chi connectivity index (χ4v) is 5.60. The van der Waals surface area contributed by atoms with E-state index >= 15 is 0 Å². The van der Waals surface area contributed by atoms with Gasteiger partial charge in [-0.2, -0.15) is 0 Å². The first-order valence-corrected chi connectivity index (χ1v) is 13.4. The second-order valence-corrected chi connectivity index (χ2v) is 10.7. The number of benzene rings is 2. The number of aliphatic hydroxyl groups is 1. The van der Waals surface area contributed by atoms with Crippen LogP contribution in [0.15, 0.2) is 48.5 Å². The molecule has 0 spiro atoms. The predicted octanol–water partition coefficient (Wildman–Crippen LogP) is 2.91. The SMILES string of the molecule is COc1cccc(-c2ccc(CC[C@H]3O[C@H]4CC[C@H](CO)O[C@H]4C[C@H]3NS(C)(=O)=O)cc2)c1. The molecule has 8 heteroatoms. The lowest BCUT2D eigenvalue weighted by molar-refractivity contribution is -0.200. The van der Waals surface area contributed by atoms with Gasteiger partial charge in [-0.05, 0) is 60.9 Å². The minimum Gasteiger partial charge on any atom is -0.497 e. The van der Waals surface area contributed by atoms with Crippen LogP contribution in [0.2, 0.25) is 0 Å². The second kappa shape index (κ2) is 10.5. The molecule has 2 aliphatic rings. The Morgan fingerprint density at radius 2 is 1.85 bits per heavy atom. The molecule has 2 saturated heterocycles. The van der Waals surface area contributed by atoms with Gasteiger partial charge in [0.15, 0.2) is 0 Å². The summed E-state index contributed by atoms with van der Waals surface area (Å²) in [5.74, 6) is 0.825. The maximum absolute atomic E-state index is 12.0. The molecular weight excluding hydrogens is 442 g/mol. The third-order valence-corrected chi connectivity index (χ3v) is 7.21. The summed E-state index contributed by atoms with van der Waals surface area (Å²) in [6, 6.07) is 16.0. The van der Waals surface area contributed by atoms with Crippen LogP contribution < -0.4 is 9.46 Å². The summed E-state index contributed by atoms with van der Waals surface area (Å²) in [5.41, 5.74) is 3.38. The minimum absolute atomic E-state index is 0.0252. The lowest BCUT2D eigenvalue weighted by Crippen LogP contribution is -2.57. The highest BCUT2D eigenvalue weighted by Crippen LogP contribution is 2.33. The van der Waals surface area contributed by atoms with Crippen LogP contribution in [0.3, 0.4) is 0 Å². The first-order chi connectivity index (χ1) is 15.8. The number of methoxy groups -OCH3 is 1. The molecule has 5 atom stereocenters. The van der Waals surface area contributed by atoms with Crippen molar-refractivity contribution in [2.75, 3.05) is 20.0 Å². The number of fused-ring (bicyclic) bond motifs is 1. The Kier molecular flexibility index (Phi) is 7.71. The molecule has 180 valence electrons. The lowest BCUT2D eigenvalue weighted by atomic mass is 9.88. The maximum Gasteiger partial charge on any atom is 0.209 e. The van der Waals surface area contributed by atoms with E-state index in [1.54, 1.807) is 7.11 Å². The number of sulfonamides is 1. The van der Waals surface area contributed by atoms with E-state index in [2.05, 4.69) is 35.1 Å². The quantitative estimate of drug-likeness (QED) is 0.610. The van der Waals surface area contributed by atoms with Crippen molar-refractivity contribution in [3.05, 3.63) is 54.1 Å². The largest absolute Gasteiger partial charge is 0.497 e. The molecule has 2 fully saturated rings. The Labute approximate surface area is 196 Å². The van der Waals surface area contributed by atoms with Crippen molar-refractivity contribution in [3.63, 3.8) is 0 Å². The summed E-state index contributed by atoms with van der Waals surface area (Å²) in [5, 5.41) is 9.43. The normalized spacial score (nSPS) is 27.7. The molecule has 0 aliphatic carbocycles. The van der Waals surface area contributed by atoms with Crippen LogP contribution in [-0.2, 0) is 25.9 Å². The number of aliphatic hydroxyl groups excluding tert-OH is 1. The van der Waals surface area contributed by atoms with Crippen molar-refractivity contribution < 1.29 is 27.7 Å². The van der Waals surface area contributed by atoms with Crippen LogP contribution in [0.1, 0.15) is 31.2 Å². The third-order valence-electron chi connectivity index (χ3n) is 6.48. The number of hydrogen-bond acceptors (Lipinski definition) is 6. The summed E-state index contributed by atoms with van der Waals surface area (Å²) in [4.78, 5) is 0. The van der Waals surface area contributed by atoms with E-state index in [4.69, 9.17) is 14.2 Å². The van der Waals surface area contributed by atoms with Crippen LogP contribution in [0.4, 0.5) is 0 Å². The first-order valence-electron chi connectivity index (χ1n) is 11.5. The first kappa shape index (κ1) is 24.2. The standard InChI is InChI=1S/C25H33NO6S/c1-30-20-5-3-4-19(14-20)18-9-6-17(7-10-18)8-12-23-22(26-33(2,28)29)15-25-24(32-23)13-11-21(16-27)31-25/h3-7,9-10,14,21-27H,8,11-13,15-16H2,1-2H3/t21-,22-,23-,24+,25+/m1/s1. The van der Waals surface area contributed by atoms with Crippen molar-refractivity contribution in [2.45, 2.75) is 62.6 Å². The number of hydrogen-bond donors (Lipinski definition) is 2. The van der Waals surface area contributed by atoms with Gasteiger partial charge in [0.2, 0.25) is 10.0 Å². The van der Waals surface area contributed by atoms with Gasteiger partial charge in [0.1, 0.15) is 5.75 Å². The molecule has 0 radical (unpaired) electrons. The van der Waals surface area contributed by atoms with Gasteiger partial charge in [-0.25, -0.2) is 13.1 Å². The fraction of sp³-hybridized carbons (Fsp3) is 0.520. The van der Waals surface area contributed by atoms with Crippen molar-refractivity contribution in [2.24, 2.45) is 0 Å². The molecule has 2 heterocycles. The Balaban J connectivity index is 1.42. The summed E-state index contributed by atoms with van der Waals surface area (Å²) in [7, 11) is -1.72. The van der Waals surface area contributed by atoms with E-state index in [-0.39, 0.29) is 37.1 Å². The predicted molar refractivity (Wildman–Crippen MR) is 127 cm³/mol. The molecule has 7 nitrogen and oxygen atoms in total. The zero-order chi connectivity index (χ0) is 23.4. The number of ether oxygens (including phenoxy) is 3. The summed E-state index contributed by atoms with van der Waals surface area (Å²) < 4.78 is 44.3. The fourth-order valence-electron chi connectivity index (χ4n) is 4.80. The minimum atomic E-state index is -3.38. The molecule has 0 saturated carbocycles. The summed E-state index contributed by atoms with van der Waals surface area (Å²) >= 11 is 0. The number of aryl methyl sites for hydroxylation is 1. The van der Waals surface area contributed by atoms with Gasteiger partial charge in [-0.1, -0.05) is 36.4 Å². The topological polar surface area (TPSA) is 94.1 Å². The van der Waals surface area contributed by atoms with E-state index in [0.29, 0.717) is 12.8 Å². The molecule has 0 aromatic heterocycles. The van der Waals surface area contributed by atoms with E-state index in [1.807, 2.05) is 18.2 Å². The maximum atomic E-state index is 12.0. The summed E-state index contributed by atoms with van der Waals surface area (Å²) in [6.45, 7) is -0.0252. The van der Waals surface area contributed by atoms with Crippen molar-refractivity contribution in [1.82, 2.24) is 4.72 Å². The van der Waals surface area contributed by atoms with Crippen molar-refractivity contribution >= 4 is 10.0 Å². The molecular formula is C25H33NO6S. The van der Waals surface area contributed by atoms with Crippen LogP contribution >= 0.6 is 0 Å². The van der Waals surface area contributed by atoms with Gasteiger partial charge in [-0.15, -0.1) is 0 Å². The van der Waals surface area contributed by atoms with Crippen LogP contribution in [0, 0.1) is 0 Å². The zero-order valence-electron chi connectivity index (χ0n) is 19.1. The highest BCUT2D eigenvalue weighted by molar-refractivity contribution is 7.88. The van der Waals surface area contributed by atoms with Gasteiger partial charge >= 0.3 is 0 Å². The van der Waals surface area contributed by atoms with Gasteiger partial charge < -0.3 is 19.3 Å². The molecule has 2 N–H and O–H groups in total. The Hall–Kier alpha value is -1.97. The zero-order valence-corrected chi connectivity index (χ0v) is 20.0. The monoisotopic (exact) mass is 475 g/mol. The van der Waals surface area contributed by atoms with Crippen LogP contribution in [-0.4, -0.2) is 64.0 Å². The smallest absolute Gasteiger partial charge is 0.209 e. The van der Waals surface area contributed by atoms with E-state index in [9.17, 15) is 13.5 Å². The molecule has 2 aliphatic heterocycles. The highest BCUT2D eigenvalue weighted by Gasteiger charge is 2.42. The van der Waals surface area contributed by atoms with Crippen LogP contribution in [0.25, 0.3) is 11.1 Å². The Morgan fingerprint density at radius 3 is 2.55 bits per heavy atom. The molecule has 4 rings (SSSR count). The van der Waals surface area contributed by atoms with Crippen LogP contribution in [0.5, 0.6) is 5.75 Å². The van der Waals surface area contributed by atoms with Gasteiger partial charge in [-0.3, -0.25) is 0 Å². The van der Waals surface area contributed by atoms with Crippen molar-refractivity contribution in [1.29, 1.82) is 0 Å². The molecule has 33 heavy (non-hydrogen) atoms. The van der Waals surface area contributed by atoms with E-state index in [1.165, 1.54) is 11.8 Å². The average Bonchev–Trinajstić information content (AvgIpc) is 2.81. The third kappa shape index (κ3) is 6.33. The Morgan fingerprint density at radius 1 is 1.06 bits per heavy atom. The van der Waals surface area contributed by atoms with Gasteiger partial charge in [0.05, 0.1) is 50.4 Å². The average molecular weight is 476 g/mol. The molecule has 2 aromatic carbocycles. The number of nitrogens with one attached hydrogen (secondary N) is 1. The van der Waals surface area contributed by atoms with Gasteiger partial charge in [0.25, 0.3) is 0 Å². The molecule has 0 unspecified atom stereocenters. The van der Waals surface area contributed by atoms with Gasteiger partial charge in [0, 0.05) is 0 Å². The van der Waals surface area contributed by atoms with E-state index < -0.39 is 10.0 Å². The highest BCUT2D eigenvalue weighted by atomic mass is 32.2. The lowest BCUT2D eigenvalue weighted by Gasteiger charge is -2.45. The summed E-state index contributed by atoms with van der Waals surface area (Å²) in [6.07, 6.45) is 4.08. The second-order valence-electron chi connectivity index (χ2n) is 8.97. The van der Waals surface area contributed by atoms with Crippen molar-refractivity contribution in [3.8, 4) is 16.9 Å². The molecule has 2 aromatic rings. The molecule has 0 amide bonds.